The molecule has 0 aliphatic rings. The number of benzene rings is 1. The second-order valence-electron chi connectivity index (χ2n) is 3.50. The molecule has 0 saturated carbocycles. The molecule has 2 aromatic rings. The first-order valence-electron chi connectivity index (χ1n) is 4.63. The molecule has 0 amide bonds. The Kier molecular flexibility index (Phi) is 2.61. The van der Waals surface area contributed by atoms with E-state index in [9.17, 15) is 0 Å². The standard InChI is InChI=1S/C11H13BrN2/c1-7-3-4-9-8(5-7)11(12)10(14-9)6-13-2/h3-5,13-14H,6H2,1-2H3. The lowest BCUT2D eigenvalue weighted by Crippen LogP contribution is -2.05. The van der Waals surface area contributed by atoms with Gasteiger partial charge in [0.1, 0.15) is 0 Å². The molecular weight excluding hydrogens is 240 g/mol. The fourth-order valence-electron chi connectivity index (χ4n) is 1.63. The first kappa shape index (κ1) is 9.74. The minimum atomic E-state index is 0.855. The van der Waals surface area contributed by atoms with Crippen LogP contribution in [0.2, 0.25) is 0 Å². The number of hydrogen-bond acceptors (Lipinski definition) is 1. The third-order valence-electron chi connectivity index (χ3n) is 2.32. The van der Waals surface area contributed by atoms with Crippen LogP contribution in [0.15, 0.2) is 22.7 Å². The molecule has 1 aromatic heterocycles. The van der Waals surface area contributed by atoms with Gasteiger partial charge in [-0.3, -0.25) is 0 Å². The summed E-state index contributed by atoms with van der Waals surface area (Å²) in [5.74, 6) is 0. The van der Waals surface area contributed by atoms with Crippen LogP contribution in [0.1, 0.15) is 11.3 Å². The minimum absolute atomic E-state index is 0.855. The molecule has 0 radical (unpaired) electrons. The third kappa shape index (κ3) is 1.57. The molecule has 0 unspecified atom stereocenters. The predicted molar refractivity (Wildman–Crippen MR) is 63.5 cm³/mol. The number of fused-ring (bicyclic) bond motifs is 1. The zero-order valence-corrected chi connectivity index (χ0v) is 9.90. The van der Waals surface area contributed by atoms with Crippen molar-refractivity contribution in [1.29, 1.82) is 0 Å². The lowest BCUT2D eigenvalue weighted by atomic mass is 10.2. The number of hydrogen-bond donors (Lipinski definition) is 2. The number of nitrogens with one attached hydrogen (secondary N) is 2. The SMILES string of the molecule is CNCc1[nH]c2ccc(C)cc2c1Br. The highest BCUT2D eigenvalue weighted by Gasteiger charge is 2.07. The van der Waals surface area contributed by atoms with Crippen LogP contribution in [0.5, 0.6) is 0 Å². The van der Waals surface area contributed by atoms with E-state index in [2.05, 4.69) is 51.4 Å². The molecule has 0 aliphatic heterocycles. The first-order valence-corrected chi connectivity index (χ1v) is 5.43. The second-order valence-corrected chi connectivity index (χ2v) is 4.29. The normalized spacial score (nSPS) is 11.1. The third-order valence-corrected chi connectivity index (χ3v) is 3.22. The highest BCUT2D eigenvalue weighted by atomic mass is 79.9. The van der Waals surface area contributed by atoms with Crippen LogP contribution in [0.25, 0.3) is 10.9 Å². The lowest BCUT2D eigenvalue weighted by molar-refractivity contribution is 0.796. The number of aromatic nitrogens is 1. The van der Waals surface area contributed by atoms with Crippen molar-refractivity contribution in [3.05, 3.63) is 33.9 Å². The molecule has 0 aliphatic carbocycles. The van der Waals surface area contributed by atoms with Crippen molar-refractivity contribution in [2.75, 3.05) is 7.05 Å². The molecule has 1 heterocycles. The van der Waals surface area contributed by atoms with E-state index in [1.807, 2.05) is 7.05 Å². The first-order chi connectivity index (χ1) is 6.72. The summed E-state index contributed by atoms with van der Waals surface area (Å²) in [6.45, 7) is 2.96. The summed E-state index contributed by atoms with van der Waals surface area (Å²) in [5.41, 5.74) is 3.68. The monoisotopic (exact) mass is 252 g/mol. The van der Waals surface area contributed by atoms with E-state index in [0.717, 1.165) is 6.54 Å². The smallest absolute Gasteiger partial charge is 0.0474 e. The molecule has 2 rings (SSSR count). The van der Waals surface area contributed by atoms with Gasteiger partial charge < -0.3 is 10.3 Å². The van der Waals surface area contributed by atoms with Gasteiger partial charge in [0, 0.05) is 27.6 Å². The van der Waals surface area contributed by atoms with Gasteiger partial charge in [-0.2, -0.15) is 0 Å². The maximum Gasteiger partial charge on any atom is 0.0474 e. The summed E-state index contributed by atoms with van der Waals surface area (Å²) in [5, 5.41) is 4.40. The fourth-order valence-corrected chi connectivity index (χ4v) is 2.19. The Labute approximate surface area is 91.8 Å². The van der Waals surface area contributed by atoms with Crippen molar-refractivity contribution in [3.8, 4) is 0 Å². The summed E-state index contributed by atoms with van der Waals surface area (Å²) in [4.78, 5) is 3.38. The number of aryl methyl sites for hydroxylation is 1. The quantitative estimate of drug-likeness (QED) is 0.846. The van der Waals surface area contributed by atoms with Gasteiger partial charge in [0.2, 0.25) is 0 Å². The van der Waals surface area contributed by atoms with Crippen molar-refractivity contribution in [1.82, 2.24) is 10.3 Å². The number of H-pyrrole nitrogens is 1. The largest absolute Gasteiger partial charge is 0.356 e. The Bertz CT molecular complexity index is 460. The number of halogens is 1. The predicted octanol–water partition coefficient (Wildman–Crippen LogP) is 2.96. The van der Waals surface area contributed by atoms with Gasteiger partial charge >= 0.3 is 0 Å². The molecule has 0 bridgehead atoms. The maximum atomic E-state index is 3.62. The number of aromatic amines is 1. The topological polar surface area (TPSA) is 27.8 Å². The van der Waals surface area contributed by atoms with Gasteiger partial charge in [0.05, 0.1) is 0 Å². The second kappa shape index (κ2) is 3.75. The van der Waals surface area contributed by atoms with Crippen LogP contribution in [-0.4, -0.2) is 12.0 Å². The highest BCUT2D eigenvalue weighted by Crippen LogP contribution is 2.28. The highest BCUT2D eigenvalue weighted by molar-refractivity contribution is 9.10. The van der Waals surface area contributed by atoms with Gasteiger partial charge in [-0.15, -0.1) is 0 Å². The molecule has 2 N–H and O–H groups in total. The van der Waals surface area contributed by atoms with Gasteiger partial charge in [-0.1, -0.05) is 11.6 Å². The Morgan fingerprint density at radius 2 is 2.21 bits per heavy atom. The molecule has 3 heteroatoms. The average molecular weight is 253 g/mol. The molecule has 0 saturated heterocycles. The molecule has 0 fully saturated rings. The summed E-state index contributed by atoms with van der Waals surface area (Å²) in [6, 6.07) is 6.43. The van der Waals surface area contributed by atoms with E-state index in [-0.39, 0.29) is 0 Å². The van der Waals surface area contributed by atoms with Crippen LogP contribution < -0.4 is 5.32 Å². The molecule has 14 heavy (non-hydrogen) atoms. The van der Waals surface area contributed by atoms with Gasteiger partial charge in [-0.25, -0.2) is 0 Å². The van der Waals surface area contributed by atoms with E-state index >= 15 is 0 Å². The van der Waals surface area contributed by atoms with E-state index in [1.54, 1.807) is 0 Å². The number of rotatable bonds is 2. The van der Waals surface area contributed by atoms with Crippen LogP contribution in [0.3, 0.4) is 0 Å². The van der Waals surface area contributed by atoms with Crippen molar-refractivity contribution in [2.24, 2.45) is 0 Å². The van der Waals surface area contributed by atoms with Crippen LogP contribution in [0.4, 0.5) is 0 Å². The molecule has 74 valence electrons. The minimum Gasteiger partial charge on any atom is -0.356 e. The Morgan fingerprint density at radius 1 is 1.43 bits per heavy atom. The zero-order valence-electron chi connectivity index (χ0n) is 8.32. The summed E-state index contributed by atoms with van der Waals surface area (Å²) in [7, 11) is 1.95. The van der Waals surface area contributed by atoms with Crippen LogP contribution in [-0.2, 0) is 6.54 Å². The molecule has 0 spiro atoms. The Balaban J connectivity index is 2.62. The van der Waals surface area contributed by atoms with E-state index < -0.39 is 0 Å². The van der Waals surface area contributed by atoms with E-state index in [1.165, 1.54) is 26.6 Å². The Hall–Kier alpha value is -0.800. The summed E-state index contributed by atoms with van der Waals surface area (Å²) in [6.07, 6.45) is 0. The molecular formula is C11H13BrN2. The van der Waals surface area contributed by atoms with Gasteiger partial charge in [-0.05, 0) is 42.0 Å². The van der Waals surface area contributed by atoms with Gasteiger partial charge in [0.25, 0.3) is 0 Å². The molecule has 0 atom stereocenters. The summed E-state index contributed by atoms with van der Waals surface area (Å²) >= 11 is 3.62. The van der Waals surface area contributed by atoms with Crippen LogP contribution in [0, 0.1) is 6.92 Å². The van der Waals surface area contributed by atoms with E-state index in [0.29, 0.717) is 0 Å². The van der Waals surface area contributed by atoms with Crippen molar-refractivity contribution < 1.29 is 0 Å². The van der Waals surface area contributed by atoms with Gasteiger partial charge in [0.15, 0.2) is 0 Å². The summed E-state index contributed by atoms with van der Waals surface area (Å²) < 4.78 is 1.17. The van der Waals surface area contributed by atoms with Crippen molar-refractivity contribution in [2.45, 2.75) is 13.5 Å². The zero-order chi connectivity index (χ0) is 10.1. The van der Waals surface area contributed by atoms with E-state index in [4.69, 9.17) is 0 Å². The van der Waals surface area contributed by atoms with Crippen molar-refractivity contribution in [3.63, 3.8) is 0 Å². The van der Waals surface area contributed by atoms with Crippen molar-refractivity contribution >= 4 is 26.8 Å². The van der Waals surface area contributed by atoms with Crippen LogP contribution >= 0.6 is 15.9 Å². The Morgan fingerprint density at radius 3 is 2.93 bits per heavy atom. The average Bonchev–Trinajstić information content (AvgIpc) is 2.46. The maximum absolute atomic E-state index is 3.62. The fraction of sp³-hybridized carbons (Fsp3) is 0.273. The molecule has 1 aromatic carbocycles. The lowest BCUT2D eigenvalue weighted by Gasteiger charge is -1.95. The molecule has 2 nitrogen and oxygen atoms in total.